The lowest BCUT2D eigenvalue weighted by molar-refractivity contribution is -0.135. The highest BCUT2D eigenvalue weighted by Crippen LogP contribution is 2.22. The molecule has 0 saturated carbocycles. The van der Waals surface area contributed by atoms with Crippen molar-refractivity contribution in [1.29, 1.82) is 0 Å². The van der Waals surface area contributed by atoms with Gasteiger partial charge in [0.05, 0.1) is 25.5 Å². The van der Waals surface area contributed by atoms with Gasteiger partial charge in [-0.15, -0.1) is 0 Å². The summed E-state index contributed by atoms with van der Waals surface area (Å²) in [7, 11) is 1.22. The van der Waals surface area contributed by atoms with Gasteiger partial charge in [0.25, 0.3) is 5.91 Å². The van der Waals surface area contributed by atoms with Crippen molar-refractivity contribution in [2.75, 3.05) is 25.6 Å². The zero-order chi connectivity index (χ0) is 15.0. The molecule has 0 aliphatic heterocycles. The SMILES string of the molecule is COC(=O)/C=C(\Nc1ccccc1Br)C(=O)NCCO. The molecule has 0 aliphatic carbocycles. The molecule has 3 N–H and O–H groups in total. The van der Waals surface area contributed by atoms with Crippen molar-refractivity contribution >= 4 is 33.5 Å². The van der Waals surface area contributed by atoms with E-state index in [4.69, 9.17) is 5.11 Å². The molecule has 0 atom stereocenters. The highest BCUT2D eigenvalue weighted by molar-refractivity contribution is 9.10. The maximum atomic E-state index is 11.9. The van der Waals surface area contributed by atoms with Crippen LogP contribution in [0.25, 0.3) is 0 Å². The predicted octanol–water partition coefficient (Wildman–Crippen LogP) is 1.03. The molecule has 0 unspecified atom stereocenters. The Morgan fingerprint density at radius 1 is 1.40 bits per heavy atom. The van der Waals surface area contributed by atoms with Crippen molar-refractivity contribution in [1.82, 2.24) is 5.32 Å². The van der Waals surface area contributed by atoms with E-state index in [0.717, 1.165) is 10.5 Å². The van der Waals surface area contributed by atoms with Gasteiger partial charge in [0.2, 0.25) is 0 Å². The normalized spacial score (nSPS) is 10.8. The third kappa shape index (κ3) is 5.02. The van der Waals surface area contributed by atoms with Crippen molar-refractivity contribution < 1.29 is 19.4 Å². The van der Waals surface area contributed by atoms with Crippen LogP contribution in [0.4, 0.5) is 5.69 Å². The number of para-hydroxylation sites is 1. The van der Waals surface area contributed by atoms with Crippen LogP contribution in [0.5, 0.6) is 0 Å². The van der Waals surface area contributed by atoms with Crippen molar-refractivity contribution in [3.05, 3.63) is 40.5 Å². The number of hydrogen-bond donors (Lipinski definition) is 3. The summed E-state index contributed by atoms with van der Waals surface area (Å²) in [5.41, 5.74) is 0.652. The van der Waals surface area contributed by atoms with E-state index in [2.05, 4.69) is 31.3 Å². The maximum Gasteiger partial charge on any atom is 0.332 e. The predicted molar refractivity (Wildman–Crippen MR) is 78.0 cm³/mol. The Bertz CT molecular complexity index is 517. The van der Waals surface area contributed by atoms with Crippen molar-refractivity contribution in [3.8, 4) is 0 Å². The van der Waals surface area contributed by atoms with E-state index in [1.54, 1.807) is 18.2 Å². The van der Waals surface area contributed by atoms with Crippen LogP contribution < -0.4 is 10.6 Å². The molecule has 1 aromatic carbocycles. The molecule has 0 bridgehead atoms. The van der Waals surface area contributed by atoms with Gasteiger partial charge in [0, 0.05) is 11.0 Å². The molecule has 1 rings (SSSR count). The number of ether oxygens (including phenoxy) is 1. The van der Waals surface area contributed by atoms with Crippen LogP contribution in [0.2, 0.25) is 0 Å². The summed E-state index contributed by atoms with van der Waals surface area (Å²) in [4.78, 5) is 23.2. The van der Waals surface area contributed by atoms with E-state index in [0.29, 0.717) is 5.69 Å². The first-order valence-corrected chi connectivity index (χ1v) is 6.58. The molecule has 0 radical (unpaired) electrons. The minimum absolute atomic E-state index is 0.0252. The fourth-order valence-corrected chi connectivity index (χ4v) is 1.69. The first-order chi connectivity index (χ1) is 9.58. The fraction of sp³-hybridized carbons (Fsp3) is 0.231. The van der Waals surface area contributed by atoms with Crippen LogP contribution in [-0.4, -0.2) is 37.2 Å². The number of aliphatic hydroxyl groups excluding tert-OH is 1. The Labute approximate surface area is 124 Å². The summed E-state index contributed by atoms with van der Waals surface area (Å²) in [5.74, 6) is -1.17. The van der Waals surface area contributed by atoms with Crippen LogP contribution in [0, 0.1) is 0 Å². The number of methoxy groups -OCH3 is 1. The molecule has 0 saturated heterocycles. The van der Waals surface area contributed by atoms with Gasteiger partial charge in [-0.05, 0) is 28.1 Å². The zero-order valence-electron chi connectivity index (χ0n) is 10.9. The third-order valence-corrected chi connectivity index (χ3v) is 2.94. The van der Waals surface area contributed by atoms with Gasteiger partial charge in [0.15, 0.2) is 0 Å². The van der Waals surface area contributed by atoms with E-state index < -0.39 is 11.9 Å². The number of carbonyl (C=O) groups excluding carboxylic acids is 2. The minimum Gasteiger partial charge on any atom is -0.466 e. The number of halogens is 1. The average molecular weight is 343 g/mol. The first-order valence-electron chi connectivity index (χ1n) is 5.78. The van der Waals surface area contributed by atoms with Gasteiger partial charge >= 0.3 is 5.97 Å². The first kappa shape index (κ1) is 16.2. The monoisotopic (exact) mass is 342 g/mol. The Balaban J connectivity index is 2.94. The molecule has 1 aromatic rings. The Morgan fingerprint density at radius 3 is 2.70 bits per heavy atom. The molecule has 20 heavy (non-hydrogen) atoms. The lowest BCUT2D eigenvalue weighted by atomic mass is 10.3. The third-order valence-electron chi connectivity index (χ3n) is 2.25. The number of anilines is 1. The van der Waals surface area contributed by atoms with Crippen LogP contribution >= 0.6 is 15.9 Å². The number of hydrogen-bond acceptors (Lipinski definition) is 5. The van der Waals surface area contributed by atoms with Gasteiger partial charge in [-0.25, -0.2) is 4.79 Å². The molecule has 0 spiro atoms. The standard InChI is InChI=1S/C13H15BrN2O4/c1-20-12(18)8-11(13(19)15-6-7-17)16-10-5-3-2-4-9(10)14/h2-5,8,16-17H,6-7H2,1H3,(H,15,19)/b11-8-. The summed E-state index contributed by atoms with van der Waals surface area (Å²) in [5, 5.41) is 14.0. The quantitative estimate of drug-likeness (QED) is 0.530. The smallest absolute Gasteiger partial charge is 0.332 e. The second kappa shape index (κ2) is 8.34. The Kier molecular flexibility index (Phi) is 6.75. The minimum atomic E-state index is -0.654. The molecular weight excluding hydrogens is 328 g/mol. The number of rotatable bonds is 6. The van der Waals surface area contributed by atoms with Crippen LogP contribution in [0.15, 0.2) is 40.5 Å². The van der Waals surface area contributed by atoms with E-state index >= 15 is 0 Å². The highest BCUT2D eigenvalue weighted by atomic mass is 79.9. The van der Waals surface area contributed by atoms with Crippen molar-refractivity contribution in [2.24, 2.45) is 0 Å². The van der Waals surface area contributed by atoms with Gasteiger partial charge < -0.3 is 20.5 Å². The van der Waals surface area contributed by atoms with E-state index in [1.165, 1.54) is 7.11 Å². The van der Waals surface area contributed by atoms with Crippen molar-refractivity contribution in [3.63, 3.8) is 0 Å². The Morgan fingerprint density at radius 2 is 2.10 bits per heavy atom. The van der Waals surface area contributed by atoms with Crippen LogP contribution in [0.3, 0.4) is 0 Å². The van der Waals surface area contributed by atoms with Gasteiger partial charge in [-0.2, -0.15) is 0 Å². The summed E-state index contributed by atoms with van der Waals surface area (Å²) >= 11 is 3.33. The van der Waals surface area contributed by atoms with E-state index in [1.807, 2.05) is 6.07 Å². The zero-order valence-corrected chi connectivity index (χ0v) is 12.4. The number of aliphatic hydroxyl groups is 1. The molecule has 1 amide bonds. The Hall–Kier alpha value is -1.86. The van der Waals surface area contributed by atoms with Gasteiger partial charge in [-0.3, -0.25) is 4.79 Å². The van der Waals surface area contributed by atoms with Crippen LogP contribution in [0.1, 0.15) is 0 Å². The number of benzene rings is 1. The molecule has 0 fully saturated rings. The topological polar surface area (TPSA) is 87.7 Å². The molecule has 7 heteroatoms. The summed E-state index contributed by atoms with van der Waals surface area (Å²) in [6, 6.07) is 7.15. The summed E-state index contributed by atoms with van der Waals surface area (Å²) in [6.07, 6.45) is 1.05. The maximum absolute atomic E-state index is 11.9. The summed E-state index contributed by atoms with van der Waals surface area (Å²) < 4.78 is 5.25. The largest absolute Gasteiger partial charge is 0.466 e. The molecule has 108 valence electrons. The average Bonchev–Trinajstić information content (AvgIpc) is 2.46. The molecule has 0 heterocycles. The lowest BCUT2D eigenvalue weighted by Gasteiger charge is -2.12. The lowest BCUT2D eigenvalue weighted by Crippen LogP contribution is -2.31. The molecule has 6 nitrogen and oxygen atoms in total. The van der Waals surface area contributed by atoms with Gasteiger partial charge in [0.1, 0.15) is 5.70 Å². The number of amides is 1. The van der Waals surface area contributed by atoms with E-state index in [9.17, 15) is 9.59 Å². The molecular formula is C13H15BrN2O4. The number of esters is 1. The highest BCUT2D eigenvalue weighted by Gasteiger charge is 2.13. The molecule has 0 aliphatic rings. The fourth-order valence-electron chi connectivity index (χ4n) is 1.31. The molecule has 0 aromatic heterocycles. The van der Waals surface area contributed by atoms with Crippen molar-refractivity contribution in [2.45, 2.75) is 0 Å². The second-order valence-electron chi connectivity index (χ2n) is 3.67. The number of nitrogens with one attached hydrogen (secondary N) is 2. The van der Waals surface area contributed by atoms with Gasteiger partial charge in [-0.1, -0.05) is 12.1 Å². The van der Waals surface area contributed by atoms with Crippen LogP contribution in [-0.2, 0) is 14.3 Å². The number of carbonyl (C=O) groups is 2. The second-order valence-corrected chi connectivity index (χ2v) is 4.52. The summed E-state index contributed by atoms with van der Waals surface area (Å²) in [6.45, 7) is -0.0960. The van der Waals surface area contributed by atoms with E-state index in [-0.39, 0.29) is 18.8 Å².